The summed E-state index contributed by atoms with van der Waals surface area (Å²) in [4.78, 5) is 12.7. The lowest BCUT2D eigenvalue weighted by atomic mass is 9.92. The van der Waals surface area contributed by atoms with Gasteiger partial charge in [0.05, 0.1) is 18.4 Å². The summed E-state index contributed by atoms with van der Waals surface area (Å²) in [6.07, 6.45) is 3.14. The van der Waals surface area contributed by atoms with Crippen LogP contribution >= 0.6 is 0 Å². The normalized spacial score (nSPS) is 14.2. The van der Waals surface area contributed by atoms with Gasteiger partial charge < -0.3 is 15.2 Å². The molecular formula is C27H27N3O3. The van der Waals surface area contributed by atoms with Crippen molar-refractivity contribution in [3.63, 3.8) is 0 Å². The Balaban J connectivity index is 1.40. The number of phenolic OH excluding ortho intramolecular Hbond substituents is 1. The van der Waals surface area contributed by atoms with Gasteiger partial charge in [0.15, 0.2) is 0 Å². The molecule has 1 fully saturated rings. The molecule has 0 saturated heterocycles. The third-order valence-electron chi connectivity index (χ3n) is 6.31. The second kappa shape index (κ2) is 8.98. The smallest absolute Gasteiger partial charge is 0.255 e. The lowest BCUT2D eigenvalue weighted by Crippen LogP contribution is -2.29. The molecule has 0 bridgehead atoms. The predicted molar refractivity (Wildman–Crippen MR) is 128 cm³/mol. The average molecular weight is 442 g/mol. The number of aromatic amines is 1. The number of para-hydroxylation sites is 1. The van der Waals surface area contributed by atoms with E-state index in [1.165, 1.54) is 18.9 Å². The summed E-state index contributed by atoms with van der Waals surface area (Å²) in [5, 5.41) is 23.0. The Morgan fingerprint density at radius 1 is 1.12 bits per heavy atom. The van der Waals surface area contributed by atoms with E-state index < -0.39 is 0 Å². The van der Waals surface area contributed by atoms with E-state index in [2.05, 4.69) is 45.8 Å². The number of ether oxygens (including phenoxy) is 1. The van der Waals surface area contributed by atoms with E-state index in [9.17, 15) is 9.90 Å². The molecule has 1 saturated carbocycles. The molecule has 6 nitrogen and oxygen atoms in total. The number of carbonyl (C=O) groups excluding carboxylic acids is 1. The first-order valence-corrected chi connectivity index (χ1v) is 11.3. The van der Waals surface area contributed by atoms with Crippen LogP contribution in [0.25, 0.3) is 10.8 Å². The summed E-state index contributed by atoms with van der Waals surface area (Å²) in [6, 6.07) is 21.1. The maximum absolute atomic E-state index is 12.7. The molecule has 3 aromatic carbocycles. The monoisotopic (exact) mass is 441 g/mol. The third kappa shape index (κ3) is 4.70. The molecule has 0 radical (unpaired) electrons. The van der Waals surface area contributed by atoms with Crippen molar-refractivity contribution < 1.29 is 14.6 Å². The van der Waals surface area contributed by atoms with E-state index >= 15 is 0 Å². The molecule has 1 heterocycles. The molecule has 0 spiro atoms. The molecule has 4 aromatic rings. The zero-order valence-corrected chi connectivity index (χ0v) is 18.5. The van der Waals surface area contributed by atoms with Crippen LogP contribution in [0, 0.1) is 0 Å². The van der Waals surface area contributed by atoms with Gasteiger partial charge in [-0.25, -0.2) is 0 Å². The predicted octanol–water partition coefficient (Wildman–Crippen LogP) is 4.91. The molecule has 3 N–H and O–H groups in total. The number of phenols is 1. The van der Waals surface area contributed by atoms with Gasteiger partial charge in [0.25, 0.3) is 5.91 Å². The highest BCUT2D eigenvalue weighted by molar-refractivity contribution is 5.96. The number of nitrogens with zero attached hydrogens (tertiary/aromatic N) is 1. The van der Waals surface area contributed by atoms with Gasteiger partial charge in [-0.15, -0.1) is 0 Å². The zero-order valence-electron chi connectivity index (χ0n) is 18.5. The van der Waals surface area contributed by atoms with Crippen molar-refractivity contribution in [2.24, 2.45) is 0 Å². The average Bonchev–Trinajstić information content (AvgIpc) is 3.59. The van der Waals surface area contributed by atoms with Crippen LogP contribution in [0.15, 0.2) is 66.7 Å². The Kier molecular flexibility index (Phi) is 5.73. The summed E-state index contributed by atoms with van der Waals surface area (Å²) < 4.78 is 5.34. The third-order valence-corrected chi connectivity index (χ3v) is 6.31. The van der Waals surface area contributed by atoms with Crippen LogP contribution < -0.4 is 10.1 Å². The molecule has 5 rings (SSSR count). The largest absolute Gasteiger partial charge is 0.507 e. The van der Waals surface area contributed by atoms with E-state index in [1.54, 1.807) is 25.3 Å². The molecule has 1 atom stereocenters. The lowest BCUT2D eigenvalue weighted by Gasteiger charge is -2.19. The van der Waals surface area contributed by atoms with Gasteiger partial charge in [0.2, 0.25) is 0 Å². The number of methoxy groups -OCH3 is 1. The summed E-state index contributed by atoms with van der Waals surface area (Å²) in [5.74, 6) is 1.15. The number of fused-ring (bicyclic) bond motifs is 1. The van der Waals surface area contributed by atoms with E-state index in [1.807, 2.05) is 12.1 Å². The van der Waals surface area contributed by atoms with Crippen molar-refractivity contribution in [3.05, 3.63) is 89.2 Å². The highest BCUT2D eigenvalue weighted by Crippen LogP contribution is 2.39. The lowest BCUT2D eigenvalue weighted by molar-refractivity contribution is 0.0948. The van der Waals surface area contributed by atoms with Gasteiger partial charge in [0.1, 0.15) is 11.5 Å². The van der Waals surface area contributed by atoms with Crippen molar-refractivity contribution in [2.75, 3.05) is 13.7 Å². The fourth-order valence-corrected chi connectivity index (χ4v) is 4.25. The van der Waals surface area contributed by atoms with Crippen LogP contribution in [-0.4, -0.2) is 34.9 Å². The van der Waals surface area contributed by atoms with Crippen LogP contribution in [-0.2, 0) is 6.42 Å². The van der Waals surface area contributed by atoms with Gasteiger partial charge >= 0.3 is 0 Å². The Labute approximate surface area is 192 Å². The Hall–Kier alpha value is -3.80. The number of H-pyrrole nitrogens is 1. The molecule has 1 unspecified atom stereocenters. The second-order valence-corrected chi connectivity index (χ2v) is 8.69. The SMILES string of the molecule is COc1ccc2cc(C(CNC(=O)c3ccccc3O)Cc3cc(C4CC4)n[nH]3)ccc2c1. The standard InChI is InChI=1S/C27H27N3O3/c1-33-23-11-10-18-12-19(8-9-20(18)14-23)21(13-22-15-25(30-29-22)17-6-7-17)16-28-27(32)24-4-2-3-5-26(24)31/h2-5,8-12,14-15,17,21,31H,6-7,13,16H2,1H3,(H,28,32)(H,29,30). The fraction of sp³-hybridized carbons (Fsp3) is 0.259. The number of aromatic nitrogens is 2. The molecular weight excluding hydrogens is 414 g/mol. The first-order chi connectivity index (χ1) is 16.1. The number of hydrogen-bond donors (Lipinski definition) is 3. The molecule has 1 aliphatic carbocycles. The number of amides is 1. The van der Waals surface area contributed by atoms with E-state index in [4.69, 9.17) is 4.74 Å². The summed E-state index contributed by atoms with van der Waals surface area (Å²) in [6.45, 7) is 0.437. The maximum Gasteiger partial charge on any atom is 0.255 e. The van der Waals surface area contributed by atoms with Crippen molar-refractivity contribution >= 4 is 16.7 Å². The second-order valence-electron chi connectivity index (χ2n) is 8.69. The van der Waals surface area contributed by atoms with Crippen LogP contribution in [0.1, 0.15) is 52.0 Å². The fourth-order valence-electron chi connectivity index (χ4n) is 4.25. The van der Waals surface area contributed by atoms with E-state index in [-0.39, 0.29) is 23.1 Å². The van der Waals surface area contributed by atoms with Crippen LogP contribution in [0.4, 0.5) is 0 Å². The maximum atomic E-state index is 12.7. The Morgan fingerprint density at radius 3 is 2.70 bits per heavy atom. The van der Waals surface area contributed by atoms with Crippen LogP contribution in [0.5, 0.6) is 11.5 Å². The van der Waals surface area contributed by atoms with E-state index in [0.717, 1.165) is 39.9 Å². The summed E-state index contributed by atoms with van der Waals surface area (Å²) >= 11 is 0. The number of aromatic hydroxyl groups is 1. The number of rotatable bonds is 8. The molecule has 1 amide bonds. The number of hydrogen-bond acceptors (Lipinski definition) is 4. The first kappa shape index (κ1) is 21.1. The quantitative estimate of drug-likeness (QED) is 0.363. The van der Waals surface area contributed by atoms with Crippen molar-refractivity contribution in [2.45, 2.75) is 31.1 Å². The summed E-state index contributed by atoms with van der Waals surface area (Å²) in [7, 11) is 1.67. The molecule has 0 aliphatic heterocycles. The topological polar surface area (TPSA) is 87.2 Å². The molecule has 1 aliphatic rings. The summed E-state index contributed by atoms with van der Waals surface area (Å²) in [5.41, 5.74) is 3.60. The van der Waals surface area contributed by atoms with Crippen molar-refractivity contribution in [1.29, 1.82) is 0 Å². The molecule has 168 valence electrons. The van der Waals surface area contributed by atoms with Gasteiger partial charge in [-0.1, -0.05) is 36.4 Å². The van der Waals surface area contributed by atoms with Crippen LogP contribution in [0.3, 0.4) is 0 Å². The Morgan fingerprint density at radius 2 is 1.91 bits per heavy atom. The highest BCUT2D eigenvalue weighted by atomic mass is 16.5. The molecule has 33 heavy (non-hydrogen) atoms. The highest BCUT2D eigenvalue weighted by Gasteiger charge is 2.26. The minimum atomic E-state index is -0.285. The van der Waals surface area contributed by atoms with Gasteiger partial charge in [0, 0.05) is 24.1 Å². The van der Waals surface area contributed by atoms with Gasteiger partial charge in [-0.05, 0) is 65.9 Å². The molecule has 1 aromatic heterocycles. The number of nitrogens with one attached hydrogen (secondary N) is 2. The number of carbonyl (C=O) groups is 1. The minimum Gasteiger partial charge on any atom is -0.507 e. The van der Waals surface area contributed by atoms with Gasteiger partial charge in [-0.2, -0.15) is 5.10 Å². The Bertz CT molecular complexity index is 1290. The van der Waals surface area contributed by atoms with E-state index in [0.29, 0.717) is 12.5 Å². The van der Waals surface area contributed by atoms with Crippen molar-refractivity contribution in [1.82, 2.24) is 15.5 Å². The zero-order chi connectivity index (χ0) is 22.8. The van der Waals surface area contributed by atoms with Crippen LogP contribution in [0.2, 0.25) is 0 Å². The minimum absolute atomic E-state index is 0.0196. The van der Waals surface area contributed by atoms with Gasteiger partial charge in [-0.3, -0.25) is 9.89 Å². The molecule has 6 heteroatoms. The number of benzene rings is 3. The van der Waals surface area contributed by atoms with Crippen molar-refractivity contribution in [3.8, 4) is 11.5 Å². The first-order valence-electron chi connectivity index (χ1n) is 11.3.